The zero-order valence-corrected chi connectivity index (χ0v) is 22.5. The zero-order chi connectivity index (χ0) is 23.8. The quantitative estimate of drug-likeness (QED) is 0.283. The predicted octanol–water partition coefficient (Wildman–Crippen LogP) is 10.6. The second kappa shape index (κ2) is 13.5. The van der Waals surface area contributed by atoms with Crippen LogP contribution in [0.25, 0.3) is 0 Å². The van der Waals surface area contributed by atoms with Crippen molar-refractivity contribution in [3.63, 3.8) is 0 Å². The van der Waals surface area contributed by atoms with E-state index in [1.165, 1.54) is 108 Å². The molecule has 0 aliphatic heterocycles. The van der Waals surface area contributed by atoms with Gasteiger partial charge in [0.2, 0.25) is 0 Å². The predicted molar refractivity (Wildman–Crippen MR) is 145 cm³/mol. The van der Waals surface area contributed by atoms with Crippen molar-refractivity contribution in [3.8, 4) is 0 Å². The Labute approximate surface area is 210 Å². The van der Waals surface area contributed by atoms with E-state index in [1.54, 1.807) is 0 Å². The molecule has 34 heavy (non-hydrogen) atoms. The smallest absolute Gasteiger partial charge is 0.126 e. The zero-order valence-electron chi connectivity index (χ0n) is 22.5. The Morgan fingerprint density at radius 1 is 0.676 bits per heavy atom. The molecule has 192 valence electrons. The average molecular weight is 469 g/mol. The fourth-order valence-corrected chi connectivity index (χ4v) is 8.03. The molecular weight excluding hydrogens is 415 g/mol. The van der Waals surface area contributed by atoms with Crippen molar-refractivity contribution in [2.75, 3.05) is 0 Å². The second-order valence-corrected chi connectivity index (χ2v) is 12.5. The van der Waals surface area contributed by atoms with Crippen LogP contribution in [0.1, 0.15) is 146 Å². The van der Waals surface area contributed by atoms with E-state index in [1.807, 2.05) is 6.07 Å². The van der Waals surface area contributed by atoms with Crippen LogP contribution < -0.4 is 0 Å². The summed E-state index contributed by atoms with van der Waals surface area (Å²) in [5, 5.41) is 0. The largest absolute Gasteiger partial charge is 0.207 e. The Morgan fingerprint density at radius 3 is 2.06 bits per heavy atom. The van der Waals surface area contributed by atoms with Crippen molar-refractivity contribution in [1.29, 1.82) is 0 Å². The van der Waals surface area contributed by atoms with Crippen LogP contribution in [0.15, 0.2) is 18.2 Å². The van der Waals surface area contributed by atoms with Crippen LogP contribution in [0, 0.1) is 35.4 Å². The molecule has 0 radical (unpaired) electrons. The van der Waals surface area contributed by atoms with Gasteiger partial charge in [0.05, 0.1) is 0 Å². The number of halogens is 1. The van der Waals surface area contributed by atoms with E-state index in [9.17, 15) is 4.39 Å². The molecule has 0 heterocycles. The van der Waals surface area contributed by atoms with Gasteiger partial charge in [-0.1, -0.05) is 83.8 Å². The number of fused-ring (bicyclic) bond motifs is 1. The summed E-state index contributed by atoms with van der Waals surface area (Å²) in [6.07, 6.45) is 26.3. The van der Waals surface area contributed by atoms with E-state index in [-0.39, 0.29) is 5.82 Å². The molecule has 1 aromatic carbocycles. The number of aryl methyl sites for hydroxylation is 1. The van der Waals surface area contributed by atoms with E-state index in [0.717, 1.165) is 54.4 Å². The van der Waals surface area contributed by atoms with Gasteiger partial charge < -0.3 is 0 Å². The van der Waals surface area contributed by atoms with Gasteiger partial charge in [-0.15, -0.1) is 0 Å². The maximum atomic E-state index is 14.7. The van der Waals surface area contributed by atoms with E-state index >= 15 is 0 Å². The van der Waals surface area contributed by atoms with Crippen molar-refractivity contribution < 1.29 is 4.39 Å². The van der Waals surface area contributed by atoms with Crippen LogP contribution in [-0.2, 0) is 6.42 Å². The Balaban J connectivity index is 1.20. The van der Waals surface area contributed by atoms with Gasteiger partial charge in [0.25, 0.3) is 0 Å². The highest BCUT2D eigenvalue weighted by atomic mass is 19.1. The third kappa shape index (κ3) is 7.10. The van der Waals surface area contributed by atoms with Gasteiger partial charge in [0.15, 0.2) is 0 Å². The van der Waals surface area contributed by atoms with Crippen molar-refractivity contribution in [1.82, 2.24) is 0 Å². The molecule has 4 atom stereocenters. The lowest BCUT2D eigenvalue weighted by Gasteiger charge is -2.45. The Morgan fingerprint density at radius 2 is 1.32 bits per heavy atom. The Bertz CT molecular complexity index is 715. The molecule has 1 heteroatoms. The summed E-state index contributed by atoms with van der Waals surface area (Å²) in [6, 6.07) is 6.24. The lowest BCUT2D eigenvalue weighted by Crippen LogP contribution is -2.34. The van der Waals surface area contributed by atoms with Crippen LogP contribution in [-0.4, -0.2) is 0 Å². The SMILES string of the molecule is CCCCCCCC1CCC(C2CCC3CC(c4ccc(CCCC)c(F)c4)CCC3C2)CC1. The fraction of sp³-hybridized carbons (Fsp3) is 0.818. The summed E-state index contributed by atoms with van der Waals surface area (Å²) in [7, 11) is 0. The van der Waals surface area contributed by atoms with E-state index in [2.05, 4.69) is 26.0 Å². The van der Waals surface area contributed by atoms with E-state index < -0.39 is 0 Å². The summed E-state index contributed by atoms with van der Waals surface area (Å²) >= 11 is 0. The van der Waals surface area contributed by atoms with Gasteiger partial charge in [-0.25, -0.2) is 4.39 Å². The van der Waals surface area contributed by atoms with Gasteiger partial charge in [-0.2, -0.15) is 0 Å². The molecule has 3 aliphatic carbocycles. The lowest BCUT2D eigenvalue weighted by atomic mass is 9.60. The normalized spacial score (nSPS) is 31.9. The molecule has 3 fully saturated rings. The molecule has 1 aromatic rings. The highest BCUT2D eigenvalue weighted by Crippen LogP contribution is 2.51. The van der Waals surface area contributed by atoms with E-state index in [0.29, 0.717) is 5.92 Å². The average Bonchev–Trinajstić information content (AvgIpc) is 2.87. The maximum absolute atomic E-state index is 14.7. The first-order chi connectivity index (χ1) is 16.7. The minimum Gasteiger partial charge on any atom is -0.207 e. The first-order valence-electron chi connectivity index (χ1n) is 15.5. The van der Waals surface area contributed by atoms with Crippen LogP contribution in [0.3, 0.4) is 0 Å². The number of unbranched alkanes of at least 4 members (excludes halogenated alkanes) is 5. The minimum atomic E-state index is 0.0494. The first-order valence-corrected chi connectivity index (χ1v) is 15.5. The fourth-order valence-electron chi connectivity index (χ4n) is 8.03. The molecular formula is C33H53F. The third-order valence-electron chi connectivity index (χ3n) is 10.3. The van der Waals surface area contributed by atoms with Crippen molar-refractivity contribution in [2.45, 2.75) is 142 Å². The molecule has 0 N–H and O–H groups in total. The lowest BCUT2D eigenvalue weighted by molar-refractivity contribution is 0.0710. The number of rotatable bonds is 11. The molecule has 4 rings (SSSR count). The summed E-state index contributed by atoms with van der Waals surface area (Å²) in [6.45, 7) is 4.50. The summed E-state index contributed by atoms with van der Waals surface area (Å²) in [5.41, 5.74) is 2.21. The first kappa shape index (κ1) is 26.2. The Kier molecular flexibility index (Phi) is 10.4. The molecule has 0 nitrogen and oxygen atoms in total. The molecule has 0 amide bonds. The molecule has 0 bridgehead atoms. The number of hydrogen-bond acceptors (Lipinski definition) is 0. The van der Waals surface area contributed by atoms with Gasteiger partial charge in [-0.3, -0.25) is 0 Å². The molecule has 0 spiro atoms. The molecule has 0 saturated heterocycles. The summed E-state index contributed by atoms with van der Waals surface area (Å²) in [4.78, 5) is 0. The molecule has 3 saturated carbocycles. The van der Waals surface area contributed by atoms with Crippen LogP contribution in [0.2, 0.25) is 0 Å². The second-order valence-electron chi connectivity index (χ2n) is 12.5. The molecule has 3 aliphatic rings. The van der Waals surface area contributed by atoms with Crippen LogP contribution in [0.4, 0.5) is 4.39 Å². The Hall–Kier alpha value is -0.850. The molecule has 4 unspecified atom stereocenters. The van der Waals surface area contributed by atoms with Crippen molar-refractivity contribution in [2.24, 2.45) is 29.6 Å². The van der Waals surface area contributed by atoms with Crippen molar-refractivity contribution in [3.05, 3.63) is 35.1 Å². The highest BCUT2D eigenvalue weighted by molar-refractivity contribution is 5.28. The standard InChI is InChI=1S/C33H53F/c1-3-5-7-8-9-10-25-12-14-26(15-13-25)28-18-19-30-23-31(21-20-29(30)22-28)32-17-16-27(11-6-4-2)33(34)24-32/h16-17,24-26,28-31H,3-15,18-23H2,1-2H3. The monoisotopic (exact) mass is 468 g/mol. The summed E-state index contributed by atoms with van der Waals surface area (Å²) < 4.78 is 14.7. The van der Waals surface area contributed by atoms with Gasteiger partial charge >= 0.3 is 0 Å². The summed E-state index contributed by atoms with van der Waals surface area (Å²) in [5.74, 6) is 5.59. The third-order valence-corrected chi connectivity index (χ3v) is 10.3. The van der Waals surface area contributed by atoms with Gasteiger partial charge in [0.1, 0.15) is 5.82 Å². The van der Waals surface area contributed by atoms with Gasteiger partial charge in [0, 0.05) is 0 Å². The van der Waals surface area contributed by atoms with Crippen LogP contribution >= 0.6 is 0 Å². The van der Waals surface area contributed by atoms with Crippen LogP contribution in [0.5, 0.6) is 0 Å². The molecule has 0 aromatic heterocycles. The number of hydrogen-bond donors (Lipinski definition) is 0. The van der Waals surface area contributed by atoms with Gasteiger partial charge in [-0.05, 0) is 117 Å². The minimum absolute atomic E-state index is 0.0494. The van der Waals surface area contributed by atoms with E-state index in [4.69, 9.17) is 0 Å². The highest BCUT2D eigenvalue weighted by Gasteiger charge is 2.39. The maximum Gasteiger partial charge on any atom is 0.126 e. The van der Waals surface area contributed by atoms with Crippen molar-refractivity contribution >= 4 is 0 Å². The number of benzene rings is 1. The topological polar surface area (TPSA) is 0 Å².